The monoisotopic (exact) mass is 292 g/mol. The van der Waals surface area contributed by atoms with Gasteiger partial charge in [0.25, 0.3) is 11.5 Å². The highest BCUT2D eigenvalue weighted by atomic mass is 79.9. The number of anilines is 1. The normalized spacial score (nSPS) is 9.94. The van der Waals surface area contributed by atoms with Gasteiger partial charge in [0.05, 0.1) is 0 Å². The quantitative estimate of drug-likeness (QED) is 0.893. The van der Waals surface area contributed by atoms with Gasteiger partial charge in [0.2, 0.25) is 0 Å². The molecule has 1 aromatic carbocycles. The van der Waals surface area contributed by atoms with Crippen LogP contribution >= 0.6 is 15.9 Å². The largest absolute Gasteiger partial charge is 0.328 e. The maximum Gasteiger partial charge on any atom is 0.261 e. The Labute approximate surface area is 106 Å². The lowest BCUT2D eigenvalue weighted by Gasteiger charge is -2.04. The summed E-state index contributed by atoms with van der Waals surface area (Å²) in [6.45, 7) is 0. The number of benzene rings is 1. The number of aromatic nitrogens is 1. The van der Waals surface area contributed by atoms with Crippen molar-refractivity contribution in [2.45, 2.75) is 0 Å². The molecule has 5 heteroatoms. The summed E-state index contributed by atoms with van der Waals surface area (Å²) >= 11 is 3.30. The van der Waals surface area contributed by atoms with Crippen LogP contribution in [0.4, 0.5) is 5.69 Å². The summed E-state index contributed by atoms with van der Waals surface area (Å²) in [7, 11) is 0. The first-order valence-corrected chi connectivity index (χ1v) is 5.71. The number of hydrogen-bond acceptors (Lipinski definition) is 2. The third-order valence-corrected chi connectivity index (χ3v) is 2.64. The molecule has 0 saturated heterocycles. The Balaban J connectivity index is 2.23. The van der Waals surface area contributed by atoms with E-state index in [0.29, 0.717) is 5.69 Å². The molecule has 2 N–H and O–H groups in total. The molecule has 2 rings (SSSR count). The van der Waals surface area contributed by atoms with E-state index in [1.165, 1.54) is 12.3 Å². The Morgan fingerprint density at radius 2 is 2.06 bits per heavy atom. The van der Waals surface area contributed by atoms with E-state index in [2.05, 4.69) is 26.2 Å². The lowest BCUT2D eigenvalue weighted by Crippen LogP contribution is -2.22. The van der Waals surface area contributed by atoms with Crippen LogP contribution in [0.1, 0.15) is 10.4 Å². The van der Waals surface area contributed by atoms with Crippen LogP contribution in [0.5, 0.6) is 0 Å². The zero-order chi connectivity index (χ0) is 12.3. The first-order chi connectivity index (χ1) is 8.16. The van der Waals surface area contributed by atoms with Crippen molar-refractivity contribution in [1.82, 2.24) is 4.98 Å². The molecule has 86 valence electrons. The highest BCUT2D eigenvalue weighted by Crippen LogP contribution is 2.15. The van der Waals surface area contributed by atoms with Gasteiger partial charge in [-0.2, -0.15) is 0 Å². The number of nitrogens with one attached hydrogen (secondary N) is 2. The number of rotatable bonds is 2. The van der Waals surface area contributed by atoms with E-state index in [1.54, 1.807) is 24.3 Å². The van der Waals surface area contributed by atoms with E-state index in [4.69, 9.17) is 0 Å². The van der Waals surface area contributed by atoms with Gasteiger partial charge >= 0.3 is 0 Å². The SMILES string of the molecule is O=C(Nc1cccc(Br)c1)c1ccc[nH]c1=O. The molecule has 2 aromatic rings. The van der Waals surface area contributed by atoms with E-state index in [9.17, 15) is 9.59 Å². The van der Waals surface area contributed by atoms with Gasteiger partial charge in [0.15, 0.2) is 0 Å². The second-order valence-corrected chi connectivity index (χ2v) is 4.29. The fourth-order valence-electron chi connectivity index (χ4n) is 1.37. The molecule has 0 spiro atoms. The van der Waals surface area contributed by atoms with Crippen LogP contribution in [0.3, 0.4) is 0 Å². The van der Waals surface area contributed by atoms with E-state index >= 15 is 0 Å². The summed E-state index contributed by atoms with van der Waals surface area (Å²) in [5.41, 5.74) is 0.320. The van der Waals surface area contributed by atoms with Crippen molar-refractivity contribution in [2.24, 2.45) is 0 Å². The Morgan fingerprint density at radius 3 is 2.76 bits per heavy atom. The zero-order valence-corrected chi connectivity index (χ0v) is 10.3. The Morgan fingerprint density at radius 1 is 1.24 bits per heavy atom. The van der Waals surface area contributed by atoms with Gasteiger partial charge in [-0.05, 0) is 30.3 Å². The minimum absolute atomic E-state index is 0.0903. The maximum absolute atomic E-state index is 11.8. The van der Waals surface area contributed by atoms with Gasteiger partial charge in [-0.25, -0.2) is 0 Å². The lowest BCUT2D eigenvalue weighted by atomic mass is 10.2. The van der Waals surface area contributed by atoms with Gasteiger partial charge in [-0.1, -0.05) is 22.0 Å². The minimum Gasteiger partial charge on any atom is -0.328 e. The average Bonchev–Trinajstić information content (AvgIpc) is 2.29. The van der Waals surface area contributed by atoms with Gasteiger partial charge in [0, 0.05) is 16.4 Å². The first-order valence-electron chi connectivity index (χ1n) is 4.91. The minimum atomic E-state index is -0.426. The highest BCUT2D eigenvalue weighted by molar-refractivity contribution is 9.10. The van der Waals surface area contributed by atoms with E-state index < -0.39 is 11.5 Å². The van der Waals surface area contributed by atoms with Crippen molar-refractivity contribution in [3.05, 3.63) is 63.0 Å². The molecule has 0 bridgehead atoms. The van der Waals surface area contributed by atoms with Crippen molar-refractivity contribution < 1.29 is 4.79 Å². The van der Waals surface area contributed by atoms with Crippen LogP contribution in [-0.4, -0.2) is 10.9 Å². The second kappa shape index (κ2) is 4.97. The molecule has 0 aliphatic heterocycles. The average molecular weight is 293 g/mol. The highest BCUT2D eigenvalue weighted by Gasteiger charge is 2.09. The Kier molecular flexibility index (Phi) is 3.39. The molecule has 4 nitrogen and oxygen atoms in total. The summed E-state index contributed by atoms with van der Waals surface area (Å²) in [6.07, 6.45) is 1.48. The zero-order valence-electron chi connectivity index (χ0n) is 8.74. The molecule has 0 radical (unpaired) electrons. The molecule has 0 aliphatic rings. The number of carbonyl (C=O) groups is 1. The fraction of sp³-hybridized carbons (Fsp3) is 0. The number of pyridine rings is 1. The molecule has 0 atom stereocenters. The van der Waals surface area contributed by atoms with Crippen LogP contribution in [0.15, 0.2) is 51.9 Å². The van der Waals surface area contributed by atoms with E-state index in [0.717, 1.165) is 4.47 Å². The Bertz CT molecular complexity index is 607. The van der Waals surface area contributed by atoms with Crippen molar-refractivity contribution in [3.63, 3.8) is 0 Å². The van der Waals surface area contributed by atoms with Crippen LogP contribution in [0, 0.1) is 0 Å². The molecule has 1 aromatic heterocycles. The molecular formula is C12H9BrN2O2. The third-order valence-electron chi connectivity index (χ3n) is 2.15. The number of hydrogen-bond donors (Lipinski definition) is 2. The number of carbonyl (C=O) groups excluding carboxylic acids is 1. The maximum atomic E-state index is 11.8. The van der Waals surface area contributed by atoms with Crippen LogP contribution in [-0.2, 0) is 0 Å². The third kappa shape index (κ3) is 2.82. The summed E-state index contributed by atoms with van der Waals surface area (Å²) in [5, 5.41) is 2.65. The van der Waals surface area contributed by atoms with Crippen molar-refractivity contribution in [3.8, 4) is 0 Å². The molecule has 1 amide bonds. The van der Waals surface area contributed by atoms with Crippen molar-refractivity contribution in [1.29, 1.82) is 0 Å². The van der Waals surface area contributed by atoms with E-state index in [-0.39, 0.29) is 5.56 Å². The van der Waals surface area contributed by atoms with Crippen LogP contribution in [0.25, 0.3) is 0 Å². The van der Waals surface area contributed by atoms with Gasteiger partial charge in [-0.3, -0.25) is 9.59 Å². The molecule has 0 saturated carbocycles. The van der Waals surface area contributed by atoms with Crippen LogP contribution < -0.4 is 10.9 Å². The van der Waals surface area contributed by atoms with Crippen LogP contribution in [0.2, 0.25) is 0 Å². The van der Waals surface area contributed by atoms with Gasteiger partial charge in [0.1, 0.15) is 5.56 Å². The standard InChI is InChI=1S/C12H9BrN2O2/c13-8-3-1-4-9(7-8)15-12(17)10-5-2-6-14-11(10)16/h1-7H,(H,14,16)(H,15,17). The second-order valence-electron chi connectivity index (χ2n) is 3.38. The van der Waals surface area contributed by atoms with Gasteiger partial charge in [-0.15, -0.1) is 0 Å². The molecule has 0 fully saturated rings. The van der Waals surface area contributed by atoms with E-state index in [1.807, 2.05) is 6.07 Å². The fourth-order valence-corrected chi connectivity index (χ4v) is 1.76. The number of amides is 1. The molecule has 0 unspecified atom stereocenters. The summed E-state index contributed by atoms with van der Waals surface area (Å²) in [4.78, 5) is 25.6. The summed E-state index contributed by atoms with van der Waals surface area (Å²) in [6, 6.07) is 10.2. The molecule has 0 aliphatic carbocycles. The van der Waals surface area contributed by atoms with Crippen molar-refractivity contribution in [2.75, 3.05) is 5.32 Å². The summed E-state index contributed by atoms with van der Waals surface area (Å²) in [5.74, 6) is -0.426. The number of halogens is 1. The number of H-pyrrole nitrogens is 1. The Hall–Kier alpha value is -1.88. The smallest absolute Gasteiger partial charge is 0.261 e. The topological polar surface area (TPSA) is 62.0 Å². The lowest BCUT2D eigenvalue weighted by molar-refractivity contribution is 0.102. The molecule has 1 heterocycles. The predicted octanol–water partition coefficient (Wildman–Crippen LogP) is 2.39. The molecular weight excluding hydrogens is 284 g/mol. The first kappa shape index (κ1) is 11.6. The molecule has 17 heavy (non-hydrogen) atoms. The van der Waals surface area contributed by atoms with Gasteiger partial charge < -0.3 is 10.3 Å². The summed E-state index contributed by atoms with van der Waals surface area (Å²) < 4.78 is 0.859. The predicted molar refractivity (Wildman–Crippen MR) is 69.2 cm³/mol. The number of aromatic amines is 1. The van der Waals surface area contributed by atoms with Crippen molar-refractivity contribution >= 4 is 27.5 Å².